The number of ether oxygens (including phenoxy) is 1. The SMILES string of the molecule is COc1cccc(/C=N/NC(=O)c2ccc(CN(c3ccc(C)c(C)c3)S(C)(=O)=O)cc2)c1. The van der Waals surface area contributed by atoms with E-state index in [0.717, 1.165) is 22.3 Å². The summed E-state index contributed by atoms with van der Waals surface area (Å²) < 4.78 is 31.4. The lowest BCUT2D eigenvalue weighted by Crippen LogP contribution is -2.29. The van der Waals surface area contributed by atoms with Crippen molar-refractivity contribution in [2.24, 2.45) is 5.10 Å². The number of nitrogens with zero attached hydrogens (tertiary/aromatic N) is 2. The molecule has 0 radical (unpaired) electrons. The molecule has 8 heteroatoms. The Labute approximate surface area is 194 Å². The Bertz CT molecular complexity index is 1270. The fourth-order valence-corrected chi connectivity index (χ4v) is 4.04. The van der Waals surface area contributed by atoms with Crippen LogP contribution < -0.4 is 14.5 Å². The summed E-state index contributed by atoms with van der Waals surface area (Å²) in [5, 5.41) is 3.98. The summed E-state index contributed by atoms with van der Waals surface area (Å²) in [4.78, 5) is 12.4. The highest BCUT2D eigenvalue weighted by molar-refractivity contribution is 7.92. The standard InChI is InChI=1S/C25H27N3O4S/c1-18-8-13-23(14-19(18)2)28(33(4,30)31)17-20-9-11-22(12-10-20)25(29)27-26-16-21-6-5-7-24(15-21)32-3/h5-16H,17H2,1-4H3,(H,27,29)/b26-16+. The number of hydrogen-bond donors (Lipinski definition) is 1. The molecule has 33 heavy (non-hydrogen) atoms. The van der Waals surface area contributed by atoms with Gasteiger partial charge in [0.2, 0.25) is 10.0 Å². The zero-order valence-electron chi connectivity index (χ0n) is 19.1. The van der Waals surface area contributed by atoms with Gasteiger partial charge in [0.05, 0.1) is 31.8 Å². The topological polar surface area (TPSA) is 88.1 Å². The largest absolute Gasteiger partial charge is 0.497 e. The minimum Gasteiger partial charge on any atom is -0.497 e. The quantitative estimate of drug-likeness (QED) is 0.402. The van der Waals surface area contributed by atoms with Crippen LogP contribution in [0, 0.1) is 13.8 Å². The van der Waals surface area contributed by atoms with E-state index >= 15 is 0 Å². The zero-order chi connectivity index (χ0) is 24.0. The molecule has 0 bridgehead atoms. The fourth-order valence-electron chi connectivity index (χ4n) is 3.16. The molecule has 0 aromatic heterocycles. The molecule has 0 unspecified atom stereocenters. The van der Waals surface area contributed by atoms with E-state index in [1.807, 2.05) is 44.2 Å². The highest BCUT2D eigenvalue weighted by atomic mass is 32.2. The van der Waals surface area contributed by atoms with Crippen LogP contribution >= 0.6 is 0 Å². The van der Waals surface area contributed by atoms with Gasteiger partial charge in [-0.1, -0.05) is 30.3 Å². The summed E-state index contributed by atoms with van der Waals surface area (Å²) in [5.74, 6) is 0.333. The normalized spacial score (nSPS) is 11.4. The van der Waals surface area contributed by atoms with Crippen LogP contribution in [-0.2, 0) is 16.6 Å². The van der Waals surface area contributed by atoms with Crippen LogP contribution in [0.25, 0.3) is 0 Å². The molecule has 1 N–H and O–H groups in total. The van der Waals surface area contributed by atoms with E-state index in [1.54, 1.807) is 43.5 Å². The Morgan fingerprint density at radius 3 is 2.39 bits per heavy atom. The van der Waals surface area contributed by atoms with E-state index in [9.17, 15) is 13.2 Å². The molecule has 3 rings (SSSR count). The summed E-state index contributed by atoms with van der Waals surface area (Å²) >= 11 is 0. The van der Waals surface area contributed by atoms with Crippen LogP contribution in [0.4, 0.5) is 5.69 Å². The second-order valence-corrected chi connectivity index (χ2v) is 9.62. The number of carbonyl (C=O) groups is 1. The number of carbonyl (C=O) groups excluding carboxylic acids is 1. The zero-order valence-corrected chi connectivity index (χ0v) is 19.9. The van der Waals surface area contributed by atoms with Gasteiger partial charge in [-0.15, -0.1) is 0 Å². The third-order valence-electron chi connectivity index (χ3n) is 5.19. The lowest BCUT2D eigenvalue weighted by molar-refractivity contribution is 0.0955. The minimum atomic E-state index is -3.49. The van der Waals surface area contributed by atoms with Crippen molar-refractivity contribution in [2.45, 2.75) is 20.4 Å². The third-order valence-corrected chi connectivity index (χ3v) is 6.34. The molecule has 0 aliphatic heterocycles. The van der Waals surface area contributed by atoms with Crippen molar-refractivity contribution in [3.63, 3.8) is 0 Å². The maximum absolute atomic E-state index is 12.4. The first-order valence-electron chi connectivity index (χ1n) is 10.3. The number of methoxy groups -OCH3 is 1. The molecule has 0 aliphatic rings. The molecule has 0 atom stereocenters. The van der Waals surface area contributed by atoms with Gasteiger partial charge >= 0.3 is 0 Å². The van der Waals surface area contributed by atoms with Gasteiger partial charge in [0, 0.05) is 5.56 Å². The number of rotatable bonds is 8. The van der Waals surface area contributed by atoms with Gasteiger partial charge in [-0.3, -0.25) is 9.10 Å². The van der Waals surface area contributed by atoms with E-state index in [2.05, 4.69) is 10.5 Å². The Kier molecular flexibility index (Phi) is 7.50. The second-order valence-electron chi connectivity index (χ2n) is 7.71. The Morgan fingerprint density at radius 2 is 1.76 bits per heavy atom. The molecule has 0 spiro atoms. The predicted octanol–water partition coefficient (Wildman–Crippen LogP) is 4.04. The van der Waals surface area contributed by atoms with Gasteiger partial charge in [0.15, 0.2) is 0 Å². The van der Waals surface area contributed by atoms with Crippen molar-refractivity contribution < 1.29 is 17.9 Å². The Morgan fingerprint density at radius 1 is 1.03 bits per heavy atom. The van der Waals surface area contributed by atoms with Gasteiger partial charge in [0.25, 0.3) is 5.91 Å². The van der Waals surface area contributed by atoms with Gasteiger partial charge in [-0.25, -0.2) is 13.8 Å². The average Bonchev–Trinajstić information content (AvgIpc) is 2.79. The molecule has 0 saturated carbocycles. The van der Waals surface area contributed by atoms with Crippen molar-refractivity contribution in [1.82, 2.24) is 5.43 Å². The molecule has 1 amide bonds. The molecule has 3 aromatic rings. The van der Waals surface area contributed by atoms with Gasteiger partial charge < -0.3 is 4.74 Å². The summed E-state index contributed by atoms with van der Waals surface area (Å²) in [6, 6.07) is 19.6. The van der Waals surface area contributed by atoms with E-state index < -0.39 is 10.0 Å². The highest BCUT2D eigenvalue weighted by Crippen LogP contribution is 2.23. The lowest BCUT2D eigenvalue weighted by atomic mass is 10.1. The summed E-state index contributed by atoms with van der Waals surface area (Å²) in [6.45, 7) is 4.09. The van der Waals surface area contributed by atoms with Crippen LogP contribution in [-0.4, -0.2) is 33.9 Å². The molecule has 0 aliphatic carbocycles. The van der Waals surface area contributed by atoms with Crippen LogP contribution in [0.15, 0.2) is 71.8 Å². The fraction of sp³-hybridized carbons (Fsp3) is 0.200. The Hall–Kier alpha value is -3.65. The van der Waals surface area contributed by atoms with Crippen molar-refractivity contribution in [2.75, 3.05) is 17.7 Å². The van der Waals surface area contributed by atoms with E-state index in [4.69, 9.17) is 4.74 Å². The van der Waals surface area contributed by atoms with Crippen LogP contribution in [0.3, 0.4) is 0 Å². The number of hydrazone groups is 1. The van der Waals surface area contributed by atoms with E-state index in [1.165, 1.54) is 16.8 Å². The molecule has 172 valence electrons. The number of amides is 1. The molecule has 0 fully saturated rings. The smallest absolute Gasteiger partial charge is 0.271 e. The van der Waals surface area contributed by atoms with Gasteiger partial charge in [0.1, 0.15) is 5.75 Å². The van der Waals surface area contributed by atoms with Gasteiger partial charge in [-0.05, 0) is 72.5 Å². The average molecular weight is 466 g/mol. The number of hydrogen-bond acceptors (Lipinski definition) is 5. The van der Waals surface area contributed by atoms with Crippen LogP contribution in [0.1, 0.15) is 32.6 Å². The maximum Gasteiger partial charge on any atom is 0.271 e. The van der Waals surface area contributed by atoms with Crippen molar-refractivity contribution in [3.05, 3.63) is 94.5 Å². The molecular weight excluding hydrogens is 438 g/mol. The number of aryl methyl sites for hydroxylation is 2. The molecule has 3 aromatic carbocycles. The first kappa shape index (κ1) is 24.0. The first-order chi connectivity index (χ1) is 15.7. The predicted molar refractivity (Wildman–Crippen MR) is 131 cm³/mol. The monoisotopic (exact) mass is 465 g/mol. The van der Waals surface area contributed by atoms with Gasteiger partial charge in [-0.2, -0.15) is 5.10 Å². The lowest BCUT2D eigenvalue weighted by Gasteiger charge is -2.23. The summed E-state index contributed by atoms with van der Waals surface area (Å²) in [5.41, 5.74) is 7.17. The number of benzene rings is 3. The first-order valence-corrected chi connectivity index (χ1v) is 12.1. The Balaban J connectivity index is 1.69. The van der Waals surface area contributed by atoms with Crippen molar-refractivity contribution >= 4 is 27.8 Å². The summed E-state index contributed by atoms with van der Waals surface area (Å²) in [6.07, 6.45) is 2.71. The highest BCUT2D eigenvalue weighted by Gasteiger charge is 2.18. The molecule has 0 heterocycles. The molecule has 7 nitrogen and oxygen atoms in total. The number of anilines is 1. The summed E-state index contributed by atoms with van der Waals surface area (Å²) in [7, 11) is -1.91. The van der Waals surface area contributed by atoms with E-state index in [0.29, 0.717) is 17.0 Å². The molecular formula is C25H27N3O4S. The van der Waals surface area contributed by atoms with Crippen LogP contribution in [0.2, 0.25) is 0 Å². The van der Waals surface area contributed by atoms with E-state index in [-0.39, 0.29) is 12.5 Å². The maximum atomic E-state index is 12.4. The second kappa shape index (κ2) is 10.3. The number of nitrogens with one attached hydrogen (secondary N) is 1. The van der Waals surface area contributed by atoms with Crippen molar-refractivity contribution in [3.8, 4) is 5.75 Å². The van der Waals surface area contributed by atoms with Crippen molar-refractivity contribution in [1.29, 1.82) is 0 Å². The third kappa shape index (κ3) is 6.43. The number of sulfonamides is 1. The molecule has 0 saturated heterocycles. The minimum absolute atomic E-state index is 0.164. The van der Waals surface area contributed by atoms with Crippen LogP contribution in [0.5, 0.6) is 5.75 Å².